The second-order valence-corrected chi connectivity index (χ2v) is 8.60. The van der Waals surface area contributed by atoms with Gasteiger partial charge in [0.25, 0.3) is 0 Å². The number of fused-ring (bicyclic) bond motifs is 1. The highest BCUT2D eigenvalue weighted by atomic mass is 16.6. The maximum absolute atomic E-state index is 12.3. The Labute approximate surface area is 186 Å². The van der Waals surface area contributed by atoms with E-state index < -0.39 is 0 Å². The second-order valence-electron chi connectivity index (χ2n) is 8.60. The second kappa shape index (κ2) is 8.15. The molecule has 8 nitrogen and oxygen atoms in total. The molecule has 0 saturated heterocycles. The fourth-order valence-corrected chi connectivity index (χ4v) is 4.36. The molecule has 1 amide bonds. The van der Waals surface area contributed by atoms with Gasteiger partial charge >= 0.3 is 6.09 Å². The molecule has 164 valence electrons. The van der Waals surface area contributed by atoms with Crippen LogP contribution in [0.2, 0.25) is 0 Å². The van der Waals surface area contributed by atoms with Gasteiger partial charge in [0.1, 0.15) is 6.10 Å². The van der Waals surface area contributed by atoms with Crippen LogP contribution in [-0.4, -0.2) is 40.4 Å². The largest absolute Gasteiger partial charge is 0.493 e. The SMILES string of the molecule is COc1ccc(-c2cccc(C#N)c2)n2nc(C3(CNC(=O)OC4CCCC4)CC3)nc12. The molecule has 2 aliphatic carbocycles. The van der Waals surface area contributed by atoms with E-state index in [1.807, 2.05) is 30.3 Å². The lowest BCUT2D eigenvalue weighted by molar-refractivity contribution is 0.100. The molecule has 2 aromatic heterocycles. The fourth-order valence-electron chi connectivity index (χ4n) is 4.36. The van der Waals surface area contributed by atoms with Crippen LogP contribution in [0, 0.1) is 11.3 Å². The maximum Gasteiger partial charge on any atom is 0.407 e. The predicted molar refractivity (Wildman–Crippen MR) is 117 cm³/mol. The topological polar surface area (TPSA) is 102 Å². The molecule has 2 heterocycles. The Morgan fingerprint density at radius 1 is 1.28 bits per heavy atom. The minimum atomic E-state index is -0.362. The number of rotatable bonds is 6. The van der Waals surface area contributed by atoms with Crippen molar-refractivity contribution < 1.29 is 14.3 Å². The normalized spacial score (nSPS) is 17.1. The van der Waals surface area contributed by atoms with Gasteiger partial charge in [-0.1, -0.05) is 12.1 Å². The number of nitrogens with one attached hydrogen (secondary N) is 1. The van der Waals surface area contributed by atoms with Gasteiger partial charge in [0.15, 0.2) is 17.2 Å². The van der Waals surface area contributed by atoms with Crippen LogP contribution in [0.4, 0.5) is 4.79 Å². The number of pyridine rings is 1. The third kappa shape index (κ3) is 3.75. The van der Waals surface area contributed by atoms with Gasteiger partial charge in [-0.3, -0.25) is 0 Å². The number of alkyl carbamates (subject to hydrolysis) is 1. The van der Waals surface area contributed by atoms with Crippen LogP contribution in [0.1, 0.15) is 49.9 Å². The number of ether oxygens (including phenoxy) is 2. The number of benzene rings is 1. The molecule has 0 radical (unpaired) electrons. The molecule has 0 spiro atoms. The van der Waals surface area contributed by atoms with E-state index in [0.29, 0.717) is 29.3 Å². The van der Waals surface area contributed by atoms with Gasteiger partial charge in [0.05, 0.1) is 24.4 Å². The Kier molecular flexibility index (Phi) is 5.17. The lowest BCUT2D eigenvalue weighted by Gasteiger charge is -2.15. The van der Waals surface area contributed by atoms with Crippen molar-refractivity contribution in [2.45, 2.75) is 50.0 Å². The van der Waals surface area contributed by atoms with E-state index in [9.17, 15) is 10.1 Å². The van der Waals surface area contributed by atoms with Crippen molar-refractivity contribution in [2.24, 2.45) is 0 Å². The predicted octanol–water partition coefficient (Wildman–Crippen LogP) is 3.98. The zero-order valence-electron chi connectivity index (χ0n) is 18.0. The summed E-state index contributed by atoms with van der Waals surface area (Å²) < 4.78 is 12.8. The molecule has 0 unspecified atom stereocenters. The summed E-state index contributed by atoms with van der Waals surface area (Å²) >= 11 is 0. The van der Waals surface area contributed by atoms with E-state index in [4.69, 9.17) is 19.6 Å². The van der Waals surface area contributed by atoms with Crippen molar-refractivity contribution in [3.8, 4) is 23.1 Å². The van der Waals surface area contributed by atoms with Crippen LogP contribution in [-0.2, 0) is 10.2 Å². The Hall–Kier alpha value is -3.60. The molecule has 1 aromatic carbocycles. The Morgan fingerprint density at radius 2 is 2.09 bits per heavy atom. The van der Waals surface area contributed by atoms with Crippen LogP contribution in [0.15, 0.2) is 36.4 Å². The summed E-state index contributed by atoms with van der Waals surface area (Å²) in [6, 6.07) is 13.3. The summed E-state index contributed by atoms with van der Waals surface area (Å²) in [6.45, 7) is 0.441. The average Bonchev–Trinajstić information content (AvgIpc) is 3.20. The summed E-state index contributed by atoms with van der Waals surface area (Å²) in [5.74, 6) is 1.30. The number of hydrogen-bond acceptors (Lipinski definition) is 6. The quantitative estimate of drug-likeness (QED) is 0.634. The lowest BCUT2D eigenvalue weighted by atomic mass is 10.1. The van der Waals surface area contributed by atoms with Gasteiger partial charge in [-0.15, -0.1) is 5.10 Å². The molecule has 1 N–H and O–H groups in total. The lowest BCUT2D eigenvalue weighted by Crippen LogP contribution is -2.35. The molecule has 32 heavy (non-hydrogen) atoms. The molecule has 2 fully saturated rings. The van der Waals surface area contributed by atoms with Crippen LogP contribution < -0.4 is 10.1 Å². The van der Waals surface area contributed by atoms with E-state index in [0.717, 1.165) is 49.8 Å². The summed E-state index contributed by atoms with van der Waals surface area (Å²) in [5.41, 5.74) is 2.59. The summed E-state index contributed by atoms with van der Waals surface area (Å²) in [6.07, 6.45) is 5.60. The summed E-state index contributed by atoms with van der Waals surface area (Å²) in [4.78, 5) is 17.0. The highest BCUT2D eigenvalue weighted by Crippen LogP contribution is 2.46. The molecule has 2 aliphatic rings. The van der Waals surface area contributed by atoms with Gasteiger partial charge in [0, 0.05) is 17.5 Å². The van der Waals surface area contributed by atoms with Crippen molar-refractivity contribution in [3.05, 3.63) is 47.8 Å². The average molecular weight is 431 g/mol. The van der Waals surface area contributed by atoms with E-state index in [1.54, 1.807) is 17.7 Å². The minimum absolute atomic E-state index is 0.0365. The molecule has 5 rings (SSSR count). The van der Waals surface area contributed by atoms with E-state index in [2.05, 4.69) is 11.4 Å². The van der Waals surface area contributed by atoms with Gasteiger partial charge in [-0.2, -0.15) is 5.26 Å². The van der Waals surface area contributed by atoms with Gasteiger partial charge in [-0.25, -0.2) is 14.3 Å². The van der Waals surface area contributed by atoms with Crippen molar-refractivity contribution >= 4 is 11.7 Å². The van der Waals surface area contributed by atoms with Gasteiger partial charge in [-0.05, 0) is 62.8 Å². The maximum atomic E-state index is 12.3. The number of carbonyl (C=O) groups excluding carboxylic acids is 1. The molecule has 0 aliphatic heterocycles. The van der Waals surface area contributed by atoms with E-state index in [1.165, 1.54) is 0 Å². The van der Waals surface area contributed by atoms with Crippen molar-refractivity contribution in [1.29, 1.82) is 5.26 Å². The Bertz CT molecular complexity index is 1200. The van der Waals surface area contributed by atoms with Crippen LogP contribution >= 0.6 is 0 Å². The summed E-state index contributed by atoms with van der Waals surface area (Å²) in [5, 5.41) is 17.0. The first-order valence-electron chi connectivity index (χ1n) is 11.0. The Balaban J connectivity index is 1.43. The van der Waals surface area contributed by atoms with Crippen molar-refractivity contribution in [2.75, 3.05) is 13.7 Å². The minimum Gasteiger partial charge on any atom is -0.493 e. The third-order valence-corrected chi connectivity index (χ3v) is 6.43. The highest BCUT2D eigenvalue weighted by molar-refractivity contribution is 5.69. The highest BCUT2D eigenvalue weighted by Gasteiger charge is 2.48. The molecule has 8 heteroatoms. The summed E-state index contributed by atoms with van der Waals surface area (Å²) in [7, 11) is 1.60. The third-order valence-electron chi connectivity index (χ3n) is 6.43. The number of hydrogen-bond donors (Lipinski definition) is 1. The zero-order valence-corrected chi connectivity index (χ0v) is 18.0. The molecular weight excluding hydrogens is 406 g/mol. The molecule has 0 bridgehead atoms. The molecular formula is C24H25N5O3. The van der Waals surface area contributed by atoms with E-state index >= 15 is 0 Å². The number of carbonyl (C=O) groups is 1. The van der Waals surface area contributed by atoms with E-state index in [-0.39, 0.29) is 17.6 Å². The van der Waals surface area contributed by atoms with Crippen LogP contribution in [0.5, 0.6) is 5.75 Å². The van der Waals surface area contributed by atoms with Crippen LogP contribution in [0.3, 0.4) is 0 Å². The van der Waals surface area contributed by atoms with Crippen molar-refractivity contribution in [1.82, 2.24) is 19.9 Å². The number of methoxy groups -OCH3 is 1. The molecule has 3 aromatic rings. The van der Waals surface area contributed by atoms with Gasteiger partial charge in [0.2, 0.25) is 0 Å². The first-order valence-corrected chi connectivity index (χ1v) is 11.0. The first kappa shape index (κ1) is 20.3. The standard InChI is InChI=1S/C24H25N5O3/c1-31-20-10-9-19(17-6-4-5-16(13-17)14-25)29-21(20)27-22(28-29)24(11-12-24)15-26-23(30)32-18-7-2-3-8-18/h4-6,9-10,13,18H,2-3,7-8,11-12,15H2,1H3,(H,26,30). The number of amides is 1. The van der Waals surface area contributed by atoms with Crippen molar-refractivity contribution in [3.63, 3.8) is 0 Å². The number of nitriles is 1. The number of nitrogens with zero attached hydrogens (tertiary/aromatic N) is 4. The van der Waals surface area contributed by atoms with Gasteiger partial charge < -0.3 is 14.8 Å². The number of aromatic nitrogens is 3. The molecule has 0 atom stereocenters. The smallest absolute Gasteiger partial charge is 0.407 e. The monoisotopic (exact) mass is 431 g/mol. The fraction of sp³-hybridized carbons (Fsp3) is 0.417. The Morgan fingerprint density at radius 3 is 2.81 bits per heavy atom. The van der Waals surface area contributed by atoms with Crippen LogP contribution in [0.25, 0.3) is 16.9 Å². The zero-order chi connectivity index (χ0) is 22.1. The first-order chi connectivity index (χ1) is 15.6. The molecule has 2 saturated carbocycles.